The Hall–Kier alpha value is -2.81. The summed E-state index contributed by atoms with van der Waals surface area (Å²) in [6.45, 7) is 2.73. The molecule has 132 valence electrons. The second-order valence-corrected chi connectivity index (χ2v) is 6.30. The maximum absolute atomic E-state index is 11.4. The van der Waals surface area contributed by atoms with E-state index in [1.54, 1.807) is 42.5 Å². The van der Waals surface area contributed by atoms with Crippen molar-refractivity contribution in [3.8, 4) is 6.07 Å². The van der Waals surface area contributed by atoms with Crippen molar-refractivity contribution in [2.45, 2.75) is 13.8 Å². The maximum Gasteiger partial charge on any atom is 0.221 e. The van der Waals surface area contributed by atoms with Crippen LogP contribution in [-0.4, -0.2) is 11.8 Å². The van der Waals surface area contributed by atoms with E-state index in [0.717, 1.165) is 0 Å². The van der Waals surface area contributed by atoms with Gasteiger partial charge in [0.25, 0.3) is 0 Å². The van der Waals surface area contributed by atoms with Crippen LogP contribution in [0.4, 0.5) is 11.4 Å². The van der Waals surface area contributed by atoms with Gasteiger partial charge in [0.1, 0.15) is 0 Å². The summed E-state index contributed by atoms with van der Waals surface area (Å²) in [5, 5.41) is 15.7. The maximum atomic E-state index is 11.4. The first-order valence-corrected chi connectivity index (χ1v) is 8.32. The molecule has 2 rings (SSSR count). The number of nitrogens with zero attached hydrogens (tertiary/aromatic N) is 1. The van der Waals surface area contributed by atoms with Crippen LogP contribution >= 0.6 is 23.2 Å². The van der Waals surface area contributed by atoms with Gasteiger partial charge in [-0.1, -0.05) is 35.3 Å². The molecule has 0 heterocycles. The van der Waals surface area contributed by atoms with Gasteiger partial charge in [0.05, 0.1) is 23.0 Å². The SMILES string of the molecule is CC(=O)Nc1ccc(C(C#N)=Cc2ccc(Cl)cc2Cl)cc1NC(C)=O. The Kier molecular flexibility index (Phi) is 6.40. The van der Waals surface area contributed by atoms with Gasteiger partial charge in [-0.15, -0.1) is 0 Å². The number of hydrogen-bond donors (Lipinski definition) is 2. The van der Waals surface area contributed by atoms with Crippen molar-refractivity contribution < 1.29 is 9.59 Å². The predicted molar refractivity (Wildman–Crippen MR) is 105 cm³/mol. The van der Waals surface area contributed by atoms with Crippen LogP contribution in [0.25, 0.3) is 11.6 Å². The summed E-state index contributed by atoms with van der Waals surface area (Å²) in [4.78, 5) is 22.8. The Morgan fingerprint density at radius 2 is 1.65 bits per heavy atom. The molecule has 0 unspecified atom stereocenters. The van der Waals surface area contributed by atoms with Gasteiger partial charge in [0.2, 0.25) is 11.8 Å². The molecule has 0 atom stereocenters. The fourth-order valence-electron chi connectivity index (χ4n) is 2.26. The van der Waals surface area contributed by atoms with Gasteiger partial charge in [-0.3, -0.25) is 9.59 Å². The number of carbonyl (C=O) groups excluding carboxylic acids is 2. The molecule has 7 heteroatoms. The second kappa shape index (κ2) is 8.52. The largest absolute Gasteiger partial charge is 0.325 e. The minimum atomic E-state index is -0.294. The third-order valence-electron chi connectivity index (χ3n) is 3.33. The molecule has 0 aliphatic heterocycles. The summed E-state index contributed by atoms with van der Waals surface area (Å²) in [7, 11) is 0. The molecule has 0 saturated carbocycles. The summed E-state index contributed by atoms with van der Waals surface area (Å²) in [6.07, 6.45) is 1.63. The van der Waals surface area contributed by atoms with Crippen molar-refractivity contribution in [3.05, 3.63) is 57.6 Å². The number of allylic oxidation sites excluding steroid dienone is 1. The molecule has 2 aromatic carbocycles. The highest BCUT2D eigenvalue weighted by molar-refractivity contribution is 6.35. The Morgan fingerprint density at radius 1 is 1.00 bits per heavy atom. The number of amides is 2. The number of hydrogen-bond acceptors (Lipinski definition) is 3. The van der Waals surface area contributed by atoms with E-state index >= 15 is 0 Å². The predicted octanol–water partition coefficient (Wildman–Crippen LogP) is 4.97. The third-order valence-corrected chi connectivity index (χ3v) is 3.90. The molecule has 2 amide bonds. The van der Waals surface area contributed by atoms with Crippen molar-refractivity contribution in [1.82, 2.24) is 0 Å². The van der Waals surface area contributed by atoms with Gasteiger partial charge in [0, 0.05) is 23.9 Å². The van der Waals surface area contributed by atoms with Crippen LogP contribution in [0, 0.1) is 11.3 Å². The van der Waals surface area contributed by atoms with Crippen molar-refractivity contribution in [2.75, 3.05) is 10.6 Å². The fraction of sp³-hybridized carbons (Fsp3) is 0.105. The lowest BCUT2D eigenvalue weighted by atomic mass is 10.0. The van der Waals surface area contributed by atoms with E-state index in [-0.39, 0.29) is 11.8 Å². The molecule has 0 fully saturated rings. The van der Waals surface area contributed by atoms with Gasteiger partial charge in [0.15, 0.2) is 0 Å². The first-order valence-electron chi connectivity index (χ1n) is 7.56. The smallest absolute Gasteiger partial charge is 0.221 e. The Balaban J connectivity index is 2.50. The number of nitrogens with one attached hydrogen (secondary N) is 2. The number of carbonyl (C=O) groups is 2. The van der Waals surface area contributed by atoms with Crippen LogP contribution in [0.15, 0.2) is 36.4 Å². The Labute approximate surface area is 161 Å². The quantitative estimate of drug-likeness (QED) is 0.573. The standard InChI is InChI=1S/C19H15Cl2N3O2/c1-11(25)23-18-6-4-13(8-19(18)24-12(2)26)15(10-22)7-14-3-5-16(20)9-17(14)21/h3-9H,1-2H3,(H,23,25)(H,24,26). The van der Waals surface area contributed by atoms with E-state index in [9.17, 15) is 14.9 Å². The summed E-state index contributed by atoms with van der Waals surface area (Å²) in [5.74, 6) is -0.565. The van der Waals surface area contributed by atoms with Crippen LogP contribution in [0.5, 0.6) is 0 Å². The minimum Gasteiger partial charge on any atom is -0.325 e. The van der Waals surface area contributed by atoms with E-state index in [1.165, 1.54) is 13.8 Å². The highest BCUT2D eigenvalue weighted by Crippen LogP contribution is 2.30. The van der Waals surface area contributed by atoms with Crippen LogP contribution < -0.4 is 10.6 Å². The molecule has 5 nitrogen and oxygen atoms in total. The average Bonchev–Trinajstić information content (AvgIpc) is 2.55. The van der Waals surface area contributed by atoms with E-state index in [4.69, 9.17) is 23.2 Å². The Bertz CT molecular complexity index is 946. The normalized spacial score (nSPS) is 10.8. The second-order valence-electron chi connectivity index (χ2n) is 5.46. The zero-order valence-corrected chi connectivity index (χ0v) is 15.6. The zero-order valence-electron chi connectivity index (χ0n) is 14.1. The van der Waals surface area contributed by atoms with Crippen LogP contribution in [-0.2, 0) is 9.59 Å². The molecule has 0 spiro atoms. The average molecular weight is 388 g/mol. The molecular weight excluding hydrogens is 373 g/mol. The molecule has 0 radical (unpaired) electrons. The molecule has 0 aliphatic carbocycles. The topological polar surface area (TPSA) is 82.0 Å². The molecule has 2 N–H and O–H groups in total. The summed E-state index contributed by atoms with van der Waals surface area (Å²) >= 11 is 12.0. The summed E-state index contributed by atoms with van der Waals surface area (Å²) < 4.78 is 0. The van der Waals surface area contributed by atoms with E-state index in [1.807, 2.05) is 0 Å². The molecule has 0 aliphatic rings. The Morgan fingerprint density at radius 3 is 2.23 bits per heavy atom. The number of halogens is 2. The van der Waals surface area contributed by atoms with Crippen molar-refractivity contribution in [1.29, 1.82) is 5.26 Å². The molecule has 0 saturated heterocycles. The van der Waals surface area contributed by atoms with E-state index in [0.29, 0.717) is 38.1 Å². The van der Waals surface area contributed by atoms with Crippen molar-refractivity contribution >= 4 is 58.0 Å². The molecular formula is C19H15Cl2N3O2. The van der Waals surface area contributed by atoms with Gasteiger partial charge >= 0.3 is 0 Å². The summed E-state index contributed by atoms with van der Waals surface area (Å²) in [5.41, 5.74) is 2.39. The number of rotatable bonds is 4. The minimum absolute atomic E-state index is 0.270. The van der Waals surface area contributed by atoms with Crippen molar-refractivity contribution in [3.63, 3.8) is 0 Å². The molecule has 26 heavy (non-hydrogen) atoms. The zero-order chi connectivity index (χ0) is 19.3. The fourth-order valence-corrected chi connectivity index (χ4v) is 2.72. The number of nitriles is 1. The highest BCUT2D eigenvalue weighted by Gasteiger charge is 2.10. The third kappa shape index (κ3) is 5.09. The van der Waals surface area contributed by atoms with Crippen LogP contribution in [0.1, 0.15) is 25.0 Å². The first kappa shape index (κ1) is 19.5. The van der Waals surface area contributed by atoms with E-state index in [2.05, 4.69) is 16.7 Å². The van der Waals surface area contributed by atoms with Crippen LogP contribution in [0.2, 0.25) is 10.0 Å². The van der Waals surface area contributed by atoms with Gasteiger partial charge in [-0.25, -0.2) is 0 Å². The molecule has 2 aromatic rings. The summed E-state index contributed by atoms with van der Waals surface area (Å²) in [6, 6.07) is 12.0. The monoisotopic (exact) mass is 387 g/mol. The lowest BCUT2D eigenvalue weighted by molar-refractivity contribution is -0.115. The van der Waals surface area contributed by atoms with E-state index < -0.39 is 0 Å². The van der Waals surface area contributed by atoms with Crippen LogP contribution in [0.3, 0.4) is 0 Å². The lowest BCUT2D eigenvalue weighted by Crippen LogP contribution is -2.12. The highest BCUT2D eigenvalue weighted by atomic mass is 35.5. The number of anilines is 2. The lowest BCUT2D eigenvalue weighted by Gasteiger charge is -2.12. The van der Waals surface area contributed by atoms with Gasteiger partial charge in [-0.05, 0) is 41.5 Å². The number of benzene rings is 2. The van der Waals surface area contributed by atoms with Gasteiger partial charge < -0.3 is 10.6 Å². The molecule has 0 aromatic heterocycles. The molecule has 0 bridgehead atoms. The van der Waals surface area contributed by atoms with Crippen molar-refractivity contribution in [2.24, 2.45) is 0 Å². The van der Waals surface area contributed by atoms with Gasteiger partial charge in [-0.2, -0.15) is 5.26 Å². The first-order chi connectivity index (χ1) is 12.3.